The first-order chi connectivity index (χ1) is 7.26. The van der Waals surface area contributed by atoms with Crippen molar-refractivity contribution in [2.45, 2.75) is 31.7 Å². The molecule has 0 aromatic rings. The van der Waals surface area contributed by atoms with Crippen LogP contribution in [0, 0.1) is 0 Å². The van der Waals surface area contributed by atoms with Gasteiger partial charge in [-0.1, -0.05) is 6.42 Å². The fraction of sp³-hybridized carbons (Fsp3) is 0.800. The molecule has 0 aliphatic heterocycles. The van der Waals surface area contributed by atoms with E-state index < -0.39 is 0 Å². The summed E-state index contributed by atoms with van der Waals surface area (Å²) < 4.78 is 0. The van der Waals surface area contributed by atoms with E-state index in [4.69, 9.17) is 0 Å². The van der Waals surface area contributed by atoms with Crippen molar-refractivity contribution in [3.63, 3.8) is 0 Å². The summed E-state index contributed by atoms with van der Waals surface area (Å²) in [6, 6.07) is -0.219. The summed E-state index contributed by atoms with van der Waals surface area (Å²) in [5, 5.41) is 5.70. The predicted octanol–water partition coefficient (Wildman–Crippen LogP) is 0.380. The first kappa shape index (κ1) is 14.5. The third-order valence-corrected chi connectivity index (χ3v) is 2.51. The molecule has 0 spiro atoms. The van der Waals surface area contributed by atoms with Gasteiger partial charge in [-0.25, -0.2) is 0 Å². The van der Waals surface area contributed by atoms with Crippen molar-refractivity contribution in [2.75, 3.05) is 19.3 Å². The normalized spacial score (nSPS) is 12.1. The Hall–Kier alpha value is -0.550. The molecule has 1 amide bonds. The maximum absolute atomic E-state index is 11.4. The third-order valence-electron chi connectivity index (χ3n) is 2.15. The Morgan fingerprint density at radius 1 is 1.40 bits per heavy atom. The molecule has 0 rings (SSSR count). The average molecular weight is 232 g/mol. The summed E-state index contributed by atoms with van der Waals surface area (Å²) in [5.41, 5.74) is 0. The minimum absolute atomic E-state index is 0.0112. The van der Waals surface area contributed by atoms with Crippen LogP contribution in [0.1, 0.15) is 25.7 Å². The van der Waals surface area contributed by atoms with Crippen molar-refractivity contribution in [1.82, 2.24) is 10.6 Å². The number of aldehydes is 1. The first-order valence-corrected chi connectivity index (χ1v) is 5.89. The Kier molecular flexibility index (Phi) is 9.62. The quantitative estimate of drug-likeness (QED) is 0.306. The van der Waals surface area contributed by atoms with Gasteiger partial charge in [0.15, 0.2) is 0 Å². The van der Waals surface area contributed by atoms with Crippen LogP contribution in [0.2, 0.25) is 0 Å². The van der Waals surface area contributed by atoms with Crippen molar-refractivity contribution in [3.8, 4) is 0 Å². The van der Waals surface area contributed by atoms with Gasteiger partial charge in [0, 0.05) is 18.7 Å². The largest absolute Gasteiger partial charge is 0.355 e. The standard InChI is InChI=1S/C10H20N2O2S/c1-11-9(8-15)10(14)12-6-4-2-3-5-7-13/h7,9,11,15H,2-6,8H2,1H3,(H,12,14)/t9-/m0/s1. The third kappa shape index (κ3) is 7.39. The molecule has 1 atom stereocenters. The molecule has 0 saturated carbocycles. The van der Waals surface area contributed by atoms with Crippen LogP contribution in [-0.2, 0) is 9.59 Å². The lowest BCUT2D eigenvalue weighted by Gasteiger charge is -2.13. The summed E-state index contributed by atoms with van der Waals surface area (Å²) in [6.45, 7) is 0.670. The molecular formula is C10H20N2O2S. The van der Waals surface area contributed by atoms with Crippen LogP contribution >= 0.6 is 12.6 Å². The van der Waals surface area contributed by atoms with Crippen LogP contribution < -0.4 is 10.6 Å². The van der Waals surface area contributed by atoms with E-state index >= 15 is 0 Å². The number of likely N-dealkylation sites (N-methyl/N-ethyl adjacent to an activating group) is 1. The molecule has 0 aromatic heterocycles. The van der Waals surface area contributed by atoms with Crippen LogP contribution in [0.25, 0.3) is 0 Å². The molecule has 88 valence electrons. The fourth-order valence-electron chi connectivity index (χ4n) is 1.17. The minimum atomic E-state index is -0.219. The maximum Gasteiger partial charge on any atom is 0.237 e. The highest BCUT2D eigenvalue weighted by Gasteiger charge is 2.12. The van der Waals surface area contributed by atoms with Crippen molar-refractivity contribution in [2.24, 2.45) is 0 Å². The Bertz CT molecular complexity index is 184. The second-order valence-electron chi connectivity index (χ2n) is 3.33. The van der Waals surface area contributed by atoms with E-state index in [0.29, 0.717) is 18.7 Å². The molecule has 0 radical (unpaired) electrons. The van der Waals surface area contributed by atoms with Crippen molar-refractivity contribution in [1.29, 1.82) is 0 Å². The molecule has 4 nitrogen and oxygen atoms in total. The SMILES string of the molecule is CN[C@@H](CS)C(=O)NCCCCCC=O. The monoisotopic (exact) mass is 232 g/mol. The first-order valence-electron chi connectivity index (χ1n) is 5.25. The molecule has 0 heterocycles. The number of unbranched alkanes of at least 4 members (excludes halogenated alkanes) is 3. The average Bonchev–Trinajstić information content (AvgIpc) is 2.25. The molecule has 5 heteroatoms. The molecule has 0 fully saturated rings. The van der Waals surface area contributed by atoms with Crippen LogP contribution in [0.5, 0.6) is 0 Å². The van der Waals surface area contributed by atoms with Crippen LogP contribution in [-0.4, -0.2) is 37.6 Å². The summed E-state index contributed by atoms with van der Waals surface area (Å²) in [6.07, 6.45) is 4.34. The molecule has 0 aliphatic rings. The van der Waals surface area contributed by atoms with Gasteiger partial charge in [-0.15, -0.1) is 0 Å². The highest BCUT2D eigenvalue weighted by Crippen LogP contribution is 1.96. The molecular weight excluding hydrogens is 212 g/mol. The highest BCUT2D eigenvalue weighted by atomic mass is 32.1. The molecule has 15 heavy (non-hydrogen) atoms. The van der Waals surface area contributed by atoms with E-state index in [9.17, 15) is 9.59 Å². The fourth-order valence-corrected chi connectivity index (χ4v) is 1.52. The molecule has 0 unspecified atom stereocenters. The summed E-state index contributed by atoms with van der Waals surface area (Å²) in [7, 11) is 1.74. The van der Waals surface area contributed by atoms with Gasteiger partial charge in [-0.2, -0.15) is 12.6 Å². The van der Waals surface area contributed by atoms with Gasteiger partial charge in [0.1, 0.15) is 6.29 Å². The number of nitrogens with one attached hydrogen (secondary N) is 2. The summed E-state index contributed by atoms with van der Waals surface area (Å²) in [4.78, 5) is 21.4. The number of carbonyl (C=O) groups excluding carboxylic acids is 2. The smallest absolute Gasteiger partial charge is 0.237 e. The van der Waals surface area contributed by atoms with E-state index in [1.54, 1.807) is 7.05 Å². The Balaban J connectivity index is 3.41. The molecule has 2 N–H and O–H groups in total. The van der Waals surface area contributed by atoms with E-state index in [-0.39, 0.29) is 11.9 Å². The second-order valence-corrected chi connectivity index (χ2v) is 3.70. The second kappa shape index (κ2) is 9.98. The zero-order valence-electron chi connectivity index (χ0n) is 9.16. The van der Waals surface area contributed by atoms with Crippen molar-refractivity contribution < 1.29 is 9.59 Å². The molecule has 0 aliphatic carbocycles. The lowest BCUT2D eigenvalue weighted by Crippen LogP contribution is -2.44. The van der Waals surface area contributed by atoms with Crippen LogP contribution in [0.3, 0.4) is 0 Å². The van der Waals surface area contributed by atoms with Gasteiger partial charge in [-0.05, 0) is 19.9 Å². The molecule has 0 bridgehead atoms. The molecule has 0 saturated heterocycles. The van der Waals surface area contributed by atoms with E-state index in [2.05, 4.69) is 23.3 Å². The van der Waals surface area contributed by atoms with Gasteiger partial charge >= 0.3 is 0 Å². The number of rotatable bonds is 9. The zero-order valence-corrected chi connectivity index (χ0v) is 10.1. The topological polar surface area (TPSA) is 58.2 Å². The van der Waals surface area contributed by atoms with Crippen LogP contribution in [0.15, 0.2) is 0 Å². The number of carbonyl (C=O) groups is 2. The lowest BCUT2D eigenvalue weighted by molar-refractivity contribution is -0.122. The van der Waals surface area contributed by atoms with Gasteiger partial charge in [-0.3, -0.25) is 4.79 Å². The van der Waals surface area contributed by atoms with E-state index in [1.807, 2.05) is 0 Å². The van der Waals surface area contributed by atoms with Crippen molar-refractivity contribution in [3.05, 3.63) is 0 Å². The summed E-state index contributed by atoms with van der Waals surface area (Å²) in [5.74, 6) is 0.482. The Labute approximate surface area is 96.6 Å². The summed E-state index contributed by atoms with van der Waals surface area (Å²) >= 11 is 4.06. The van der Waals surface area contributed by atoms with Gasteiger partial charge in [0.2, 0.25) is 5.91 Å². The lowest BCUT2D eigenvalue weighted by atomic mass is 10.2. The number of hydrogen-bond donors (Lipinski definition) is 3. The Morgan fingerprint density at radius 3 is 2.67 bits per heavy atom. The maximum atomic E-state index is 11.4. The van der Waals surface area contributed by atoms with Gasteiger partial charge < -0.3 is 15.4 Å². The van der Waals surface area contributed by atoms with Crippen molar-refractivity contribution >= 4 is 24.8 Å². The number of amides is 1. The number of hydrogen-bond acceptors (Lipinski definition) is 4. The van der Waals surface area contributed by atoms with Gasteiger partial charge in [0.05, 0.1) is 6.04 Å². The molecule has 0 aromatic carbocycles. The number of thiol groups is 1. The van der Waals surface area contributed by atoms with E-state index in [0.717, 1.165) is 25.5 Å². The van der Waals surface area contributed by atoms with E-state index in [1.165, 1.54) is 0 Å². The van der Waals surface area contributed by atoms with Crippen LogP contribution in [0.4, 0.5) is 0 Å². The highest BCUT2D eigenvalue weighted by molar-refractivity contribution is 7.80. The predicted molar refractivity (Wildman–Crippen MR) is 64.2 cm³/mol. The zero-order chi connectivity index (χ0) is 11.5. The van der Waals surface area contributed by atoms with Gasteiger partial charge in [0.25, 0.3) is 0 Å². The minimum Gasteiger partial charge on any atom is -0.355 e. The Morgan fingerprint density at radius 2 is 2.13 bits per heavy atom.